The molecule has 0 fully saturated rings. The lowest BCUT2D eigenvalue weighted by atomic mass is 10.0. The van der Waals surface area contributed by atoms with Crippen LogP contribution in [0.5, 0.6) is 0 Å². The molecule has 1 amide bonds. The molecule has 0 saturated carbocycles. The molecule has 8 heteroatoms. The number of hydrogen-bond acceptors (Lipinski definition) is 4. The van der Waals surface area contributed by atoms with E-state index in [1.165, 1.54) is 23.5 Å². The van der Waals surface area contributed by atoms with Gasteiger partial charge in [0.1, 0.15) is 16.3 Å². The molecule has 0 aliphatic carbocycles. The number of carbonyl (C=O) groups excluding carboxylic acids is 2. The summed E-state index contributed by atoms with van der Waals surface area (Å²) in [4.78, 5) is 26.7. The molecule has 33 heavy (non-hydrogen) atoms. The summed E-state index contributed by atoms with van der Waals surface area (Å²) in [5, 5.41) is 4.87. The highest BCUT2D eigenvalue weighted by Crippen LogP contribution is 2.38. The largest absolute Gasteiger partial charge is 0.450 e. The second kappa shape index (κ2) is 8.30. The zero-order valence-corrected chi connectivity index (χ0v) is 19.4. The number of halogens is 3. The first kappa shape index (κ1) is 21.6. The van der Waals surface area contributed by atoms with Crippen LogP contribution in [-0.4, -0.2) is 11.7 Å². The maximum absolute atomic E-state index is 14.1. The van der Waals surface area contributed by atoms with Crippen LogP contribution in [0, 0.1) is 12.7 Å². The van der Waals surface area contributed by atoms with E-state index < -0.39 is 17.5 Å². The van der Waals surface area contributed by atoms with Gasteiger partial charge in [-0.3, -0.25) is 9.59 Å². The van der Waals surface area contributed by atoms with Gasteiger partial charge in [-0.15, -0.1) is 11.3 Å². The molecule has 0 bridgehead atoms. The molecule has 2 heterocycles. The van der Waals surface area contributed by atoms with Crippen molar-refractivity contribution in [3.05, 3.63) is 98.3 Å². The van der Waals surface area contributed by atoms with E-state index >= 15 is 0 Å². The Hall–Kier alpha value is -3.19. The van der Waals surface area contributed by atoms with Crippen LogP contribution < -0.4 is 5.32 Å². The van der Waals surface area contributed by atoms with Crippen molar-refractivity contribution in [2.24, 2.45) is 0 Å². The van der Waals surface area contributed by atoms with E-state index in [-0.39, 0.29) is 21.9 Å². The van der Waals surface area contributed by atoms with Gasteiger partial charge in [0.05, 0.1) is 10.7 Å². The van der Waals surface area contributed by atoms with Gasteiger partial charge in [0.2, 0.25) is 5.78 Å². The number of thiophene rings is 1. The summed E-state index contributed by atoms with van der Waals surface area (Å²) in [6.07, 6.45) is 0. The third-order valence-electron chi connectivity index (χ3n) is 5.27. The minimum Gasteiger partial charge on any atom is -0.450 e. The summed E-state index contributed by atoms with van der Waals surface area (Å²) < 4.78 is 20.6. The first-order valence-corrected chi connectivity index (χ1v) is 11.4. The molecule has 0 atom stereocenters. The lowest BCUT2D eigenvalue weighted by molar-refractivity contribution is 0.101. The number of ketones is 1. The van der Waals surface area contributed by atoms with Gasteiger partial charge in [-0.05, 0) is 42.8 Å². The van der Waals surface area contributed by atoms with E-state index in [9.17, 15) is 14.0 Å². The second-order valence-electron chi connectivity index (χ2n) is 7.44. The fraction of sp³-hybridized carbons (Fsp3) is 0.0400. The maximum Gasteiger partial charge on any atom is 0.267 e. The van der Waals surface area contributed by atoms with Crippen molar-refractivity contribution in [2.45, 2.75) is 6.92 Å². The number of furan rings is 1. The van der Waals surface area contributed by atoms with E-state index in [0.717, 1.165) is 10.8 Å². The quantitative estimate of drug-likeness (QED) is 0.257. The summed E-state index contributed by atoms with van der Waals surface area (Å²) in [5.74, 6) is -1.63. The van der Waals surface area contributed by atoms with Crippen molar-refractivity contribution in [3.8, 4) is 0 Å². The Morgan fingerprint density at radius 1 is 1.00 bits per heavy atom. The van der Waals surface area contributed by atoms with E-state index in [4.69, 9.17) is 27.6 Å². The molecule has 4 nitrogen and oxygen atoms in total. The molecular weight excluding hydrogens is 484 g/mol. The molecule has 3 aromatic carbocycles. The Labute approximate surface area is 201 Å². The molecule has 5 rings (SSSR count). The number of benzene rings is 3. The highest BCUT2D eigenvalue weighted by Gasteiger charge is 2.26. The Kier molecular flexibility index (Phi) is 5.44. The predicted molar refractivity (Wildman–Crippen MR) is 131 cm³/mol. The van der Waals surface area contributed by atoms with Crippen LogP contribution in [-0.2, 0) is 0 Å². The summed E-state index contributed by atoms with van der Waals surface area (Å²) in [5.41, 5.74) is 1.15. The summed E-state index contributed by atoms with van der Waals surface area (Å²) in [7, 11) is 0. The number of anilines is 1. The molecule has 2 aromatic heterocycles. The van der Waals surface area contributed by atoms with E-state index in [2.05, 4.69) is 5.32 Å². The monoisotopic (exact) mass is 497 g/mol. The van der Waals surface area contributed by atoms with Crippen molar-refractivity contribution in [2.75, 3.05) is 5.32 Å². The van der Waals surface area contributed by atoms with Crippen LogP contribution in [0.2, 0.25) is 10.0 Å². The zero-order chi connectivity index (χ0) is 23.3. The van der Waals surface area contributed by atoms with Crippen LogP contribution in [0.3, 0.4) is 0 Å². The highest BCUT2D eigenvalue weighted by molar-refractivity contribution is 7.21. The summed E-state index contributed by atoms with van der Waals surface area (Å²) in [6, 6.07) is 16.3. The average molecular weight is 498 g/mol. The number of hydrogen-bond donors (Lipinski definition) is 1. The van der Waals surface area contributed by atoms with Crippen molar-refractivity contribution >= 4 is 73.0 Å². The van der Waals surface area contributed by atoms with Crippen LogP contribution in [0.25, 0.3) is 21.1 Å². The van der Waals surface area contributed by atoms with Crippen LogP contribution in [0.15, 0.2) is 65.1 Å². The van der Waals surface area contributed by atoms with Crippen molar-refractivity contribution in [1.82, 2.24) is 0 Å². The SMILES string of the molecule is Cc1ccc(C(=O)c2oc3ccccc3c2NC(=O)c2sc3cc(Cl)ccc3c2Cl)cc1F. The average Bonchev–Trinajstić information content (AvgIpc) is 3.32. The third kappa shape index (κ3) is 3.80. The van der Waals surface area contributed by atoms with Gasteiger partial charge in [0, 0.05) is 26.1 Å². The van der Waals surface area contributed by atoms with E-state index in [1.807, 2.05) is 0 Å². The van der Waals surface area contributed by atoms with Crippen LogP contribution >= 0.6 is 34.5 Å². The van der Waals surface area contributed by atoms with Gasteiger partial charge < -0.3 is 9.73 Å². The number of para-hydroxylation sites is 1. The molecule has 0 radical (unpaired) electrons. The predicted octanol–water partition coefficient (Wildman–Crippen LogP) is 7.89. The summed E-state index contributed by atoms with van der Waals surface area (Å²) in [6.45, 7) is 1.61. The third-order valence-corrected chi connectivity index (χ3v) is 7.16. The molecule has 5 aromatic rings. The number of rotatable bonds is 4. The Bertz CT molecular complexity index is 1590. The minimum atomic E-state index is -0.547. The smallest absolute Gasteiger partial charge is 0.267 e. The Morgan fingerprint density at radius 3 is 2.58 bits per heavy atom. The fourth-order valence-electron chi connectivity index (χ4n) is 3.55. The highest BCUT2D eigenvalue weighted by atomic mass is 35.5. The number of amides is 1. The number of fused-ring (bicyclic) bond motifs is 2. The van der Waals surface area contributed by atoms with Crippen molar-refractivity contribution < 1.29 is 18.4 Å². The second-order valence-corrected chi connectivity index (χ2v) is 9.30. The fourth-order valence-corrected chi connectivity index (χ4v) is 5.24. The molecule has 0 spiro atoms. The number of carbonyl (C=O) groups is 2. The molecular formula is C25H14Cl2FNO3S. The van der Waals surface area contributed by atoms with Crippen molar-refractivity contribution in [3.63, 3.8) is 0 Å². The molecule has 0 aliphatic rings. The first-order chi connectivity index (χ1) is 15.8. The molecule has 0 aliphatic heterocycles. The topological polar surface area (TPSA) is 59.3 Å². The molecule has 0 saturated heterocycles. The standard InChI is InChI=1S/C25H14Cl2FNO3S/c1-12-6-7-13(10-17(12)28)22(30)23-21(15-4-2-3-5-18(15)32-23)29-25(31)24-20(27)16-9-8-14(26)11-19(16)33-24/h2-11H,1H3,(H,29,31). The minimum absolute atomic E-state index is 0.0897. The van der Waals surface area contributed by atoms with Gasteiger partial charge in [0.25, 0.3) is 5.91 Å². The number of nitrogens with one attached hydrogen (secondary N) is 1. The maximum atomic E-state index is 14.1. The van der Waals surface area contributed by atoms with E-state index in [0.29, 0.717) is 32.0 Å². The van der Waals surface area contributed by atoms with Gasteiger partial charge in [-0.1, -0.05) is 53.5 Å². The normalized spacial score (nSPS) is 11.3. The summed E-state index contributed by atoms with van der Waals surface area (Å²) >= 11 is 13.7. The first-order valence-electron chi connectivity index (χ1n) is 9.85. The lowest BCUT2D eigenvalue weighted by Gasteiger charge is -2.06. The molecule has 1 N–H and O–H groups in total. The molecule has 164 valence electrons. The lowest BCUT2D eigenvalue weighted by Crippen LogP contribution is -2.13. The van der Waals surface area contributed by atoms with Crippen LogP contribution in [0.4, 0.5) is 10.1 Å². The van der Waals surface area contributed by atoms with Gasteiger partial charge in [-0.25, -0.2) is 4.39 Å². The van der Waals surface area contributed by atoms with Gasteiger partial charge in [-0.2, -0.15) is 0 Å². The van der Waals surface area contributed by atoms with Crippen LogP contribution in [0.1, 0.15) is 31.4 Å². The van der Waals surface area contributed by atoms with Crippen molar-refractivity contribution in [1.29, 1.82) is 0 Å². The Balaban J connectivity index is 1.59. The Morgan fingerprint density at radius 2 is 1.79 bits per heavy atom. The molecule has 0 unspecified atom stereocenters. The van der Waals surface area contributed by atoms with Gasteiger partial charge >= 0.3 is 0 Å². The zero-order valence-electron chi connectivity index (χ0n) is 17.0. The number of aryl methyl sites for hydroxylation is 1. The van der Waals surface area contributed by atoms with E-state index in [1.54, 1.807) is 49.4 Å². The van der Waals surface area contributed by atoms with Gasteiger partial charge in [0.15, 0.2) is 5.76 Å².